The quantitative estimate of drug-likeness (QED) is 0.503. The summed E-state index contributed by atoms with van der Waals surface area (Å²) in [6, 6.07) is 2.29. The Labute approximate surface area is 140 Å². The molecule has 2 N–H and O–H groups in total. The Kier molecular flexibility index (Phi) is 4.03. The number of nitrogens with zero attached hydrogens (tertiary/aromatic N) is 4. The molecule has 110 valence electrons. The van der Waals surface area contributed by atoms with E-state index in [1.54, 1.807) is 6.33 Å². The van der Waals surface area contributed by atoms with Crippen molar-refractivity contribution >= 4 is 51.2 Å². The topological polar surface area (TPSA) is 71.4 Å². The van der Waals surface area contributed by atoms with Crippen molar-refractivity contribution < 1.29 is 0 Å². The van der Waals surface area contributed by atoms with E-state index >= 15 is 0 Å². The maximum atomic E-state index is 6.04. The second-order valence-electron chi connectivity index (χ2n) is 4.93. The molecule has 3 aromatic rings. The summed E-state index contributed by atoms with van der Waals surface area (Å²) in [5.41, 5.74) is 2.65. The molecule has 0 aliphatic rings. The number of aromatic nitrogens is 5. The van der Waals surface area contributed by atoms with Gasteiger partial charge in [-0.05, 0) is 54.1 Å². The Bertz CT molecular complexity index is 778. The molecule has 0 radical (unpaired) electrons. The molecule has 8 heteroatoms. The molecule has 21 heavy (non-hydrogen) atoms. The van der Waals surface area contributed by atoms with Crippen LogP contribution in [0.3, 0.4) is 0 Å². The number of anilines is 1. The third-order valence-electron chi connectivity index (χ3n) is 3.17. The second-order valence-corrected chi connectivity index (χ2v) is 6.35. The highest BCUT2D eigenvalue weighted by Gasteiger charge is 2.14. The Morgan fingerprint density at radius 1 is 1.43 bits per heavy atom. The van der Waals surface area contributed by atoms with Crippen LogP contribution in [0.15, 0.2) is 18.6 Å². The number of hydrogen-bond acceptors (Lipinski definition) is 4. The van der Waals surface area contributed by atoms with E-state index in [4.69, 9.17) is 11.6 Å². The fourth-order valence-electron chi connectivity index (χ4n) is 2.09. The minimum absolute atomic E-state index is 0.219. The van der Waals surface area contributed by atoms with Gasteiger partial charge in [0.1, 0.15) is 0 Å². The van der Waals surface area contributed by atoms with Gasteiger partial charge in [0.05, 0.1) is 10.0 Å². The lowest BCUT2D eigenvalue weighted by Gasteiger charge is -2.09. The lowest BCUT2D eigenvalue weighted by Crippen LogP contribution is -2.05. The molecule has 6 nitrogen and oxygen atoms in total. The predicted molar refractivity (Wildman–Crippen MR) is 91.6 cm³/mol. The van der Waals surface area contributed by atoms with Gasteiger partial charge >= 0.3 is 0 Å². The van der Waals surface area contributed by atoms with Crippen molar-refractivity contribution in [2.24, 2.45) is 0 Å². The van der Waals surface area contributed by atoms with Crippen molar-refractivity contribution in [1.29, 1.82) is 0 Å². The van der Waals surface area contributed by atoms with Gasteiger partial charge in [0.2, 0.25) is 5.28 Å². The number of rotatable bonds is 4. The van der Waals surface area contributed by atoms with Crippen LogP contribution in [0.4, 0.5) is 5.82 Å². The van der Waals surface area contributed by atoms with Gasteiger partial charge in [-0.25, -0.2) is 4.98 Å². The molecule has 0 saturated carbocycles. The first-order chi connectivity index (χ1) is 10.1. The lowest BCUT2D eigenvalue weighted by molar-refractivity contribution is 0.612. The average molecular weight is 417 g/mol. The van der Waals surface area contributed by atoms with E-state index in [0.717, 1.165) is 14.9 Å². The van der Waals surface area contributed by atoms with Crippen LogP contribution in [0.25, 0.3) is 11.2 Å². The number of aromatic amines is 1. The van der Waals surface area contributed by atoms with Crippen molar-refractivity contribution in [3.63, 3.8) is 0 Å². The van der Waals surface area contributed by atoms with Crippen LogP contribution in [0, 0.1) is 3.70 Å². The molecule has 3 rings (SSSR count). The normalized spacial score (nSPS) is 11.5. The average Bonchev–Trinajstić information content (AvgIpc) is 3.02. The van der Waals surface area contributed by atoms with E-state index in [9.17, 15) is 0 Å². The number of H-pyrrole nitrogens is 1. The van der Waals surface area contributed by atoms with Crippen LogP contribution in [-0.2, 0) is 6.54 Å². The van der Waals surface area contributed by atoms with Gasteiger partial charge in [-0.1, -0.05) is 0 Å². The van der Waals surface area contributed by atoms with E-state index in [1.165, 1.54) is 5.56 Å². The Morgan fingerprint density at radius 3 is 2.90 bits per heavy atom. The van der Waals surface area contributed by atoms with Crippen LogP contribution < -0.4 is 5.32 Å². The van der Waals surface area contributed by atoms with Gasteiger partial charge in [-0.3, -0.25) is 0 Å². The Morgan fingerprint density at radius 2 is 2.24 bits per heavy atom. The maximum absolute atomic E-state index is 6.04. The second kappa shape index (κ2) is 5.80. The summed E-state index contributed by atoms with van der Waals surface area (Å²) >= 11 is 8.30. The van der Waals surface area contributed by atoms with Crippen LogP contribution in [0.2, 0.25) is 5.28 Å². The Hall–Kier alpha value is -1.35. The number of nitrogens with one attached hydrogen (secondary N) is 2. The SMILES string of the molecule is CC(C)n1cnc2c(NCc3cc[nH]c3I)nc(Cl)nc21. The van der Waals surface area contributed by atoms with Crippen LogP contribution >= 0.6 is 34.2 Å². The summed E-state index contributed by atoms with van der Waals surface area (Å²) in [6.45, 7) is 4.80. The first-order valence-electron chi connectivity index (χ1n) is 6.52. The molecule has 0 fully saturated rings. The van der Waals surface area contributed by atoms with Crippen molar-refractivity contribution in [2.45, 2.75) is 26.4 Å². The zero-order chi connectivity index (χ0) is 15.0. The molecule has 3 heterocycles. The molecule has 0 unspecified atom stereocenters. The standard InChI is InChI=1S/C13H14ClIN6/c1-7(2)21-6-18-9-11(19-13(14)20-12(9)21)17-5-8-3-4-16-10(8)15/h3-4,6-7,16H,5H2,1-2H3,(H,17,19,20). The van der Waals surface area contributed by atoms with E-state index in [-0.39, 0.29) is 11.3 Å². The summed E-state index contributed by atoms with van der Waals surface area (Å²) < 4.78 is 3.08. The minimum Gasteiger partial charge on any atom is -0.364 e. The molecule has 0 bridgehead atoms. The van der Waals surface area contributed by atoms with Gasteiger partial charge in [0.25, 0.3) is 0 Å². The zero-order valence-electron chi connectivity index (χ0n) is 11.6. The number of hydrogen-bond donors (Lipinski definition) is 2. The largest absolute Gasteiger partial charge is 0.364 e. The monoisotopic (exact) mass is 416 g/mol. The zero-order valence-corrected chi connectivity index (χ0v) is 14.5. The fourth-order valence-corrected chi connectivity index (χ4v) is 2.80. The highest BCUT2D eigenvalue weighted by molar-refractivity contribution is 14.1. The summed E-state index contributed by atoms with van der Waals surface area (Å²) in [4.78, 5) is 16.1. The van der Waals surface area contributed by atoms with Crippen LogP contribution in [0.5, 0.6) is 0 Å². The number of fused-ring (bicyclic) bond motifs is 1. The van der Waals surface area contributed by atoms with Crippen molar-refractivity contribution in [3.05, 3.63) is 33.1 Å². The Balaban J connectivity index is 1.96. The number of imidazole rings is 1. The third-order valence-corrected chi connectivity index (χ3v) is 4.35. The van der Waals surface area contributed by atoms with E-state index in [2.05, 4.69) is 61.7 Å². The van der Waals surface area contributed by atoms with Crippen molar-refractivity contribution in [3.8, 4) is 0 Å². The smallest absolute Gasteiger partial charge is 0.226 e. The molecule has 3 aromatic heterocycles. The van der Waals surface area contributed by atoms with Crippen molar-refractivity contribution in [2.75, 3.05) is 5.32 Å². The summed E-state index contributed by atoms with van der Waals surface area (Å²) in [7, 11) is 0. The summed E-state index contributed by atoms with van der Waals surface area (Å²) in [5.74, 6) is 0.654. The van der Waals surface area contributed by atoms with E-state index in [0.29, 0.717) is 12.4 Å². The van der Waals surface area contributed by atoms with Crippen molar-refractivity contribution in [1.82, 2.24) is 24.5 Å². The van der Waals surface area contributed by atoms with Gasteiger partial charge in [0, 0.05) is 24.3 Å². The molecule has 0 aromatic carbocycles. The predicted octanol–water partition coefficient (Wildman–Crippen LogP) is 3.61. The van der Waals surface area contributed by atoms with Gasteiger partial charge in [0.15, 0.2) is 17.0 Å². The molecular weight excluding hydrogens is 403 g/mol. The summed E-state index contributed by atoms with van der Waals surface area (Å²) in [5, 5.41) is 3.51. The first kappa shape index (κ1) is 14.6. The maximum Gasteiger partial charge on any atom is 0.226 e. The number of halogens is 2. The highest BCUT2D eigenvalue weighted by atomic mass is 127. The molecule has 0 atom stereocenters. The minimum atomic E-state index is 0.219. The third kappa shape index (κ3) is 2.84. The van der Waals surface area contributed by atoms with Crippen LogP contribution in [0.1, 0.15) is 25.5 Å². The van der Waals surface area contributed by atoms with Gasteiger partial charge < -0.3 is 14.9 Å². The molecule has 0 amide bonds. The molecule has 0 aliphatic heterocycles. The first-order valence-corrected chi connectivity index (χ1v) is 7.97. The summed E-state index contributed by atoms with van der Waals surface area (Å²) in [6.07, 6.45) is 3.68. The molecule has 0 aliphatic carbocycles. The lowest BCUT2D eigenvalue weighted by atomic mass is 10.3. The molecular formula is C13H14ClIN6. The van der Waals surface area contributed by atoms with E-state index < -0.39 is 0 Å². The fraction of sp³-hybridized carbons (Fsp3) is 0.308. The molecule has 0 saturated heterocycles. The van der Waals surface area contributed by atoms with Gasteiger partial charge in [-0.2, -0.15) is 9.97 Å². The molecule has 0 spiro atoms. The van der Waals surface area contributed by atoms with E-state index in [1.807, 2.05) is 16.8 Å². The highest BCUT2D eigenvalue weighted by Crippen LogP contribution is 2.24. The van der Waals surface area contributed by atoms with Crippen LogP contribution in [-0.4, -0.2) is 24.5 Å². The van der Waals surface area contributed by atoms with Gasteiger partial charge in [-0.15, -0.1) is 0 Å².